The summed E-state index contributed by atoms with van der Waals surface area (Å²) in [5.41, 5.74) is 3.37. The number of halogens is 1. The van der Waals surface area contributed by atoms with E-state index in [1.807, 2.05) is 48.5 Å². The lowest BCUT2D eigenvalue weighted by Gasteiger charge is -2.29. The maximum atomic E-state index is 13.0. The van der Waals surface area contributed by atoms with Crippen molar-refractivity contribution < 1.29 is 13.9 Å². The van der Waals surface area contributed by atoms with Crippen molar-refractivity contribution in [2.45, 2.75) is 24.5 Å². The van der Waals surface area contributed by atoms with Gasteiger partial charge in [-0.15, -0.1) is 0 Å². The molecule has 0 unspecified atom stereocenters. The normalized spacial score (nSPS) is 22.5. The number of amides is 1. The van der Waals surface area contributed by atoms with Gasteiger partial charge in [0.1, 0.15) is 18.2 Å². The van der Waals surface area contributed by atoms with Crippen LogP contribution in [0.1, 0.15) is 29.2 Å². The Morgan fingerprint density at radius 1 is 1.00 bits per heavy atom. The van der Waals surface area contributed by atoms with Gasteiger partial charge in [-0.05, 0) is 60.0 Å². The van der Waals surface area contributed by atoms with Crippen LogP contribution in [0.5, 0.6) is 5.75 Å². The van der Waals surface area contributed by atoms with Crippen LogP contribution in [0.25, 0.3) is 0 Å². The van der Waals surface area contributed by atoms with Crippen molar-refractivity contribution >= 4 is 11.6 Å². The van der Waals surface area contributed by atoms with Gasteiger partial charge in [-0.2, -0.15) is 0 Å². The Labute approximate surface area is 168 Å². The summed E-state index contributed by atoms with van der Waals surface area (Å²) >= 11 is 0. The Morgan fingerprint density at radius 3 is 2.55 bits per heavy atom. The minimum Gasteiger partial charge on any atom is -0.489 e. The number of carbonyl (C=O) groups excluding carboxylic acids is 1. The summed E-state index contributed by atoms with van der Waals surface area (Å²) < 4.78 is 18.8. The fourth-order valence-electron chi connectivity index (χ4n) is 4.51. The van der Waals surface area contributed by atoms with Crippen LogP contribution in [0.4, 0.5) is 10.1 Å². The second-order valence-electron chi connectivity index (χ2n) is 7.59. The fraction of sp³-hybridized carbons (Fsp3) is 0.208. The number of carbonyl (C=O) groups is 1. The standard InChI is InChI=1S/C24H21FN2O2/c25-18-9-5-16(6-10-18)15-29-19-11-7-17(8-12-19)22-24(13-14-26-22)20-3-1-2-4-21(20)27-23(24)28/h1-12,22,26H,13-15H2,(H,27,28)/t22-,24-/m1/s1. The molecule has 0 bridgehead atoms. The highest BCUT2D eigenvalue weighted by Crippen LogP contribution is 2.50. The molecule has 1 amide bonds. The van der Waals surface area contributed by atoms with Crippen LogP contribution in [-0.2, 0) is 16.8 Å². The lowest BCUT2D eigenvalue weighted by molar-refractivity contribution is -0.121. The van der Waals surface area contributed by atoms with Crippen LogP contribution in [0, 0.1) is 5.82 Å². The number of para-hydroxylation sites is 1. The molecule has 3 aromatic carbocycles. The number of hydrogen-bond acceptors (Lipinski definition) is 3. The first-order valence-electron chi connectivity index (χ1n) is 9.78. The maximum absolute atomic E-state index is 13.0. The molecule has 2 heterocycles. The van der Waals surface area contributed by atoms with E-state index in [1.54, 1.807) is 12.1 Å². The number of anilines is 1. The molecule has 2 atom stereocenters. The third kappa shape index (κ3) is 2.98. The van der Waals surface area contributed by atoms with Gasteiger partial charge in [-0.3, -0.25) is 4.79 Å². The number of hydrogen-bond donors (Lipinski definition) is 2. The summed E-state index contributed by atoms with van der Waals surface area (Å²) in [5.74, 6) is 0.542. The molecule has 0 saturated carbocycles. The molecule has 3 aromatic rings. The van der Waals surface area contributed by atoms with Crippen LogP contribution in [0.3, 0.4) is 0 Å². The lowest BCUT2D eigenvalue weighted by atomic mass is 9.73. The van der Waals surface area contributed by atoms with Crippen molar-refractivity contribution in [3.8, 4) is 5.75 Å². The molecule has 5 heteroatoms. The van der Waals surface area contributed by atoms with Crippen LogP contribution >= 0.6 is 0 Å². The van der Waals surface area contributed by atoms with E-state index >= 15 is 0 Å². The average Bonchev–Trinajstić information content (AvgIpc) is 3.31. The molecule has 2 aliphatic rings. The zero-order valence-corrected chi connectivity index (χ0v) is 15.8. The van der Waals surface area contributed by atoms with Gasteiger partial charge < -0.3 is 15.4 Å². The lowest BCUT2D eigenvalue weighted by Crippen LogP contribution is -2.39. The fourth-order valence-corrected chi connectivity index (χ4v) is 4.51. The summed E-state index contributed by atoms with van der Waals surface area (Å²) in [5, 5.41) is 6.58. The van der Waals surface area contributed by atoms with Gasteiger partial charge in [0, 0.05) is 5.69 Å². The van der Waals surface area contributed by atoms with E-state index in [-0.39, 0.29) is 17.8 Å². The minimum atomic E-state index is -0.576. The summed E-state index contributed by atoms with van der Waals surface area (Å²) in [7, 11) is 0. The van der Waals surface area contributed by atoms with Gasteiger partial charge in [-0.1, -0.05) is 42.5 Å². The Kier molecular flexibility index (Phi) is 4.32. The molecule has 0 aromatic heterocycles. The summed E-state index contributed by atoms with van der Waals surface area (Å²) in [6, 6.07) is 22.0. The molecule has 1 saturated heterocycles. The molecule has 5 rings (SSSR count). The number of fused-ring (bicyclic) bond motifs is 2. The van der Waals surface area contributed by atoms with E-state index in [1.165, 1.54) is 12.1 Å². The zero-order valence-electron chi connectivity index (χ0n) is 15.8. The van der Waals surface area contributed by atoms with Gasteiger partial charge in [-0.25, -0.2) is 4.39 Å². The number of benzene rings is 3. The second-order valence-corrected chi connectivity index (χ2v) is 7.59. The third-order valence-corrected chi connectivity index (χ3v) is 5.95. The van der Waals surface area contributed by atoms with Crippen LogP contribution < -0.4 is 15.4 Å². The highest BCUT2D eigenvalue weighted by Gasteiger charge is 2.55. The smallest absolute Gasteiger partial charge is 0.237 e. The molecule has 0 aliphatic carbocycles. The molecule has 1 spiro atoms. The van der Waals surface area contributed by atoms with Gasteiger partial charge in [0.25, 0.3) is 0 Å². The van der Waals surface area contributed by atoms with E-state index in [9.17, 15) is 9.18 Å². The van der Waals surface area contributed by atoms with Gasteiger partial charge in [0.15, 0.2) is 0 Å². The van der Waals surface area contributed by atoms with Crippen molar-refractivity contribution in [1.29, 1.82) is 0 Å². The monoisotopic (exact) mass is 388 g/mol. The molecule has 0 radical (unpaired) electrons. The third-order valence-electron chi connectivity index (χ3n) is 5.95. The van der Waals surface area contributed by atoms with Gasteiger partial charge in [0.2, 0.25) is 5.91 Å². The SMILES string of the molecule is O=C1Nc2ccccc2[C@@]12CCN[C@@H]2c1ccc(OCc2ccc(F)cc2)cc1. The molecule has 29 heavy (non-hydrogen) atoms. The number of rotatable bonds is 4. The van der Waals surface area contributed by atoms with E-state index in [2.05, 4.69) is 10.6 Å². The van der Waals surface area contributed by atoms with Crippen molar-refractivity contribution in [2.24, 2.45) is 0 Å². The Bertz CT molecular complexity index is 1050. The first-order chi connectivity index (χ1) is 14.2. The predicted octanol–water partition coefficient (Wildman–Crippen LogP) is 4.33. The Morgan fingerprint density at radius 2 is 1.76 bits per heavy atom. The molecule has 1 fully saturated rings. The second kappa shape index (κ2) is 7.01. The van der Waals surface area contributed by atoms with Crippen LogP contribution in [-0.4, -0.2) is 12.5 Å². The van der Waals surface area contributed by atoms with Crippen molar-refractivity contribution in [1.82, 2.24) is 5.32 Å². The van der Waals surface area contributed by atoms with E-state index < -0.39 is 5.41 Å². The largest absolute Gasteiger partial charge is 0.489 e. The van der Waals surface area contributed by atoms with Crippen LogP contribution in [0.15, 0.2) is 72.8 Å². The molecule has 146 valence electrons. The van der Waals surface area contributed by atoms with Gasteiger partial charge >= 0.3 is 0 Å². The van der Waals surface area contributed by atoms with Crippen molar-refractivity contribution in [3.63, 3.8) is 0 Å². The summed E-state index contributed by atoms with van der Waals surface area (Å²) in [6.45, 7) is 1.16. The summed E-state index contributed by atoms with van der Waals surface area (Å²) in [6.07, 6.45) is 0.767. The molecular weight excluding hydrogens is 367 g/mol. The highest BCUT2D eigenvalue weighted by molar-refractivity contribution is 6.07. The predicted molar refractivity (Wildman–Crippen MR) is 109 cm³/mol. The van der Waals surface area contributed by atoms with Crippen LogP contribution in [0.2, 0.25) is 0 Å². The van der Waals surface area contributed by atoms with E-state index in [4.69, 9.17) is 4.74 Å². The molecule has 2 N–H and O–H groups in total. The topological polar surface area (TPSA) is 50.4 Å². The number of nitrogens with one attached hydrogen (secondary N) is 2. The van der Waals surface area contributed by atoms with Gasteiger partial charge in [0.05, 0.1) is 11.5 Å². The summed E-state index contributed by atoms with van der Waals surface area (Å²) in [4.78, 5) is 13.0. The maximum Gasteiger partial charge on any atom is 0.237 e. The Hall–Kier alpha value is -3.18. The first kappa shape index (κ1) is 17.9. The Balaban J connectivity index is 1.37. The minimum absolute atomic E-state index is 0.0605. The quantitative estimate of drug-likeness (QED) is 0.700. The molecular formula is C24H21FN2O2. The van der Waals surface area contributed by atoms with E-state index in [0.717, 1.165) is 41.1 Å². The van der Waals surface area contributed by atoms with E-state index in [0.29, 0.717) is 6.61 Å². The first-order valence-corrected chi connectivity index (χ1v) is 9.78. The molecule has 4 nitrogen and oxygen atoms in total. The average molecular weight is 388 g/mol. The van der Waals surface area contributed by atoms with Crippen molar-refractivity contribution in [3.05, 3.63) is 95.3 Å². The number of ether oxygens (including phenoxy) is 1. The van der Waals surface area contributed by atoms with Crippen molar-refractivity contribution in [2.75, 3.05) is 11.9 Å². The zero-order chi connectivity index (χ0) is 19.8. The molecule has 2 aliphatic heterocycles. The highest BCUT2D eigenvalue weighted by atomic mass is 19.1.